The van der Waals surface area contributed by atoms with Crippen molar-refractivity contribution in [3.63, 3.8) is 0 Å². The number of aromatic carboxylic acids is 1. The summed E-state index contributed by atoms with van der Waals surface area (Å²) < 4.78 is 10.6. The molecule has 110 valence electrons. The van der Waals surface area contributed by atoms with E-state index in [0.717, 1.165) is 31.2 Å². The third kappa shape index (κ3) is 2.97. The lowest BCUT2D eigenvalue weighted by molar-refractivity contribution is 0.0685. The number of rotatable bonds is 6. The van der Waals surface area contributed by atoms with E-state index in [9.17, 15) is 4.79 Å². The van der Waals surface area contributed by atoms with E-state index >= 15 is 0 Å². The Balaban J connectivity index is 1.67. The van der Waals surface area contributed by atoms with Crippen LogP contribution in [0.3, 0.4) is 0 Å². The Morgan fingerprint density at radius 3 is 2.62 bits per heavy atom. The van der Waals surface area contributed by atoms with Gasteiger partial charge in [-0.2, -0.15) is 0 Å². The molecule has 1 aromatic carbocycles. The first-order valence-electron chi connectivity index (χ1n) is 6.96. The van der Waals surface area contributed by atoms with Crippen LogP contribution in [0.4, 0.5) is 0 Å². The fraction of sp³-hybridized carbons (Fsp3) is 0.375. The normalized spacial score (nSPS) is 15.9. The van der Waals surface area contributed by atoms with E-state index in [4.69, 9.17) is 14.4 Å². The Morgan fingerprint density at radius 2 is 2.10 bits per heavy atom. The van der Waals surface area contributed by atoms with Crippen molar-refractivity contribution in [2.24, 2.45) is 0 Å². The van der Waals surface area contributed by atoms with Gasteiger partial charge in [0.05, 0.1) is 5.60 Å². The highest BCUT2D eigenvalue weighted by Gasteiger charge is 2.42. The summed E-state index contributed by atoms with van der Waals surface area (Å²) in [5, 5.41) is 12.3. The minimum atomic E-state index is -1.09. The third-order valence-electron chi connectivity index (χ3n) is 4.08. The van der Waals surface area contributed by atoms with Gasteiger partial charge in [0, 0.05) is 18.7 Å². The van der Waals surface area contributed by atoms with Crippen LogP contribution in [-0.4, -0.2) is 28.9 Å². The van der Waals surface area contributed by atoms with Crippen LogP contribution < -0.4 is 0 Å². The van der Waals surface area contributed by atoms with Crippen molar-refractivity contribution in [1.29, 1.82) is 0 Å². The number of aryl methyl sites for hydroxylation is 1. The van der Waals surface area contributed by atoms with E-state index in [2.05, 4.69) is 5.16 Å². The second-order valence-electron chi connectivity index (χ2n) is 5.47. The van der Waals surface area contributed by atoms with Crippen LogP contribution in [0.15, 0.2) is 34.9 Å². The molecule has 0 unspecified atom stereocenters. The molecule has 1 heterocycles. The van der Waals surface area contributed by atoms with Gasteiger partial charge in [0.1, 0.15) is 0 Å². The monoisotopic (exact) mass is 287 g/mol. The standard InChI is InChI=1S/C16H17NO4/c1-20-16(8-9-16)7-6-11-2-4-12(5-3-11)14-10-13(15(18)19)17-21-14/h2-5,10H,6-9H2,1H3,(H,18,19). The quantitative estimate of drug-likeness (QED) is 0.883. The Hall–Kier alpha value is -2.14. The number of hydrogen-bond donors (Lipinski definition) is 1. The summed E-state index contributed by atoms with van der Waals surface area (Å²) in [5.74, 6) is -0.620. The number of ether oxygens (including phenoxy) is 1. The first-order valence-corrected chi connectivity index (χ1v) is 6.96. The zero-order valence-electron chi connectivity index (χ0n) is 11.8. The van der Waals surface area contributed by atoms with Gasteiger partial charge in [-0.1, -0.05) is 29.4 Å². The summed E-state index contributed by atoms with van der Waals surface area (Å²) in [4.78, 5) is 10.8. The molecule has 0 saturated heterocycles. The van der Waals surface area contributed by atoms with Gasteiger partial charge in [0.15, 0.2) is 11.5 Å². The van der Waals surface area contributed by atoms with Crippen molar-refractivity contribution >= 4 is 5.97 Å². The van der Waals surface area contributed by atoms with E-state index < -0.39 is 5.97 Å². The zero-order valence-corrected chi connectivity index (χ0v) is 11.8. The lowest BCUT2D eigenvalue weighted by Crippen LogP contribution is -2.12. The highest BCUT2D eigenvalue weighted by atomic mass is 16.5. The van der Waals surface area contributed by atoms with Crippen molar-refractivity contribution in [2.45, 2.75) is 31.3 Å². The van der Waals surface area contributed by atoms with E-state index in [1.54, 1.807) is 7.11 Å². The van der Waals surface area contributed by atoms with Gasteiger partial charge in [0.2, 0.25) is 0 Å². The molecule has 0 bridgehead atoms. The van der Waals surface area contributed by atoms with Crippen molar-refractivity contribution in [3.8, 4) is 11.3 Å². The molecule has 1 N–H and O–H groups in total. The molecule has 3 rings (SSSR count). The predicted molar refractivity (Wildman–Crippen MR) is 76.2 cm³/mol. The van der Waals surface area contributed by atoms with Crippen LogP contribution in [0.2, 0.25) is 0 Å². The van der Waals surface area contributed by atoms with Crippen LogP contribution in [0.5, 0.6) is 0 Å². The molecular weight excluding hydrogens is 270 g/mol. The highest BCUT2D eigenvalue weighted by molar-refractivity contribution is 5.86. The number of benzene rings is 1. The van der Waals surface area contributed by atoms with E-state index in [0.29, 0.717) is 5.76 Å². The maximum atomic E-state index is 10.8. The number of methoxy groups -OCH3 is 1. The van der Waals surface area contributed by atoms with Crippen molar-refractivity contribution in [1.82, 2.24) is 5.16 Å². The summed E-state index contributed by atoms with van der Waals surface area (Å²) in [5.41, 5.74) is 2.09. The van der Waals surface area contributed by atoms with Crippen LogP contribution in [-0.2, 0) is 11.2 Å². The van der Waals surface area contributed by atoms with Gasteiger partial charge in [-0.05, 0) is 31.2 Å². The first-order chi connectivity index (χ1) is 10.1. The fourth-order valence-corrected chi connectivity index (χ4v) is 2.42. The van der Waals surface area contributed by atoms with Crippen LogP contribution >= 0.6 is 0 Å². The van der Waals surface area contributed by atoms with Crippen molar-refractivity contribution in [3.05, 3.63) is 41.6 Å². The lowest BCUT2D eigenvalue weighted by atomic mass is 10.0. The minimum absolute atomic E-state index is 0.0788. The molecule has 1 aliphatic carbocycles. The average molecular weight is 287 g/mol. The highest BCUT2D eigenvalue weighted by Crippen LogP contribution is 2.42. The van der Waals surface area contributed by atoms with Crippen LogP contribution in [0.1, 0.15) is 35.3 Å². The Labute approximate surface area is 122 Å². The smallest absolute Gasteiger partial charge is 0.358 e. The number of carboxylic acids is 1. The maximum Gasteiger partial charge on any atom is 0.358 e. The zero-order chi connectivity index (χ0) is 14.9. The second kappa shape index (κ2) is 5.33. The predicted octanol–water partition coefficient (Wildman–Crippen LogP) is 3.15. The van der Waals surface area contributed by atoms with Crippen LogP contribution in [0, 0.1) is 0 Å². The number of hydrogen-bond acceptors (Lipinski definition) is 4. The number of carbonyl (C=O) groups is 1. The van der Waals surface area contributed by atoms with Gasteiger partial charge >= 0.3 is 5.97 Å². The van der Waals surface area contributed by atoms with Crippen LogP contribution in [0.25, 0.3) is 11.3 Å². The second-order valence-corrected chi connectivity index (χ2v) is 5.47. The molecular formula is C16H17NO4. The number of carboxylic acid groups (broad SMARTS) is 1. The Morgan fingerprint density at radius 1 is 1.38 bits per heavy atom. The summed E-state index contributed by atoms with van der Waals surface area (Å²) in [6.07, 6.45) is 4.31. The Kier molecular flexibility index (Phi) is 3.51. The summed E-state index contributed by atoms with van der Waals surface area (Å²) in [6, 6.07) is 9.34. The molecule has 1 aromatic heterocycles. The molecule has 2 aromatic rings. The molecule has 0 spiro atoms. The summed E-state index contributed by atoms with van der Waals surface area (Å²) >= 11 is 0. The maximum absolute atomic E-state index is 10.8. The molecule has 0 radical (unpaired) electrons. The van der Waals surface area contributed by atoms with Gasteiger partial charge in [-0.15, -0.1) is 0 Å². The molecule has 0 amide bonds. The van der Waals surface area contributed by atoms with E-state index in [1.807, 2.05) is 24.3 Å². The third-order valence-corrected chi connectivity index (χ3v) is 4.08. The van der Waals surface area contributed by atoms with E-state index in [-0.39, 0.29) is 11.3 Å². The largest absolute Gasteiger partial charge is 0.476 e. The Bertz CT molecular complexity index is 641. The molecule has 5 heteroatoms. The molecule has 21 heavy (non-hydrogen) atoms. The lowest BCUT2D eigenvalue weighted by Gasteiger charge is -2.12. The number of nitrogens with zero attached hydrogens (tertiary/aromatic N) is 1. The fourth-order valence-electron chi connectivity index (χ4n) is 2.42. The molecule has 0 aliphatic heterocycles. The van der Waals surface area contributed by atoms with Crippen molar-refractivity contribution < 1.29 is 19.2 Å². The topological polar surface area (TPSA) is 72.6 Å². The van der Waals surface area contributed by atoms with Gasteiger partial charge in [-0.3, -0.25) is 0 Å². The first kappa shape index (κ1) is 13.8. The molecule has 1 aliphatic rings. The molecule has 1 fully saturated rings. The minimum Gasteiger partial charge on any atom is -0.476 e. The van der Waals surface area contributed by atoms with Crippen molar-refractivity contribution in [2.75, 3.05) is 7.11 Å². The van der Waals surface area contributed by atoms with Gasteiger partial charge < -0.3 is 14.4 Å². The summed E-state index contributed by atoms with van der Waals surface area (Å²) in [7, 11) is 1.78. The molecule has 0 atom stereocenters. The average Bonchev–Trinajstić information content (AvgIpc) is 3.11. The summed E-state index contributed by atoms with van der Waals surface area (Å²) in [6.45, 7) is 0. The molecule has 5 nitrogen and oxygen atoms in total. The van der Waals surface area contributed by atoms with Gasteiger partial charge in [0.25, 0.3) is 0 Å². The van der Waals surface area contributed by atoms with E-state index in [1.165, 1.54) is 11.6 Å². The SMILES string of the molecule is COC1(CCc2ccc(-c3cc(C(=O)O)no3)cc2)CC1. The molecule has 1 saturated carbocycles. The van der Waals surface area contributed by atoms with Gasteiger partial charge in [-0.25, -0.2) is 4.79 Å². The number of aromatic nitrogens is 1.